The summed E-state index contributed by atoms with van der Waals surface area (Å²) in [6.45, 7) is 0. The van der Waals surface area contributed by atoms with Gasteiger partial charge in [-0.15, -0.1) is 0 Å². The maximum absolute atomic E-state index is 12.4. The van der Waals surface area contributed by atoms with Crippen molar-refractivity contribution in [1.82, 2.24) is 0 Å². The second-order valence-corrected chi connectivity index (χ2v) is 9.57. The van der Waals surface area contributed by atoms with Gasteiger partial charge in [0.15, 0.2) is 0 Å². The molecule has 0 bridgehead atoms. The third-order valence-electron chi connectivity index (χ3n) is 7.52. The third-order valence-corrected chi connectivity index (χ3v) is 7.52. The minimum absolute atomic E-state index is 0.494. The van der Waals surface area contributed by atoms with Crippen molar-refractivity contribution in [3.63, 3.8) is 0 Å². The molecule has 0 N–H and O–H groups in total. The Bertz CT molecular complexity index is 964. The molecule has 0 radical (unpaired) electrons. The van der Waals surface area contributed by atoms with Crippen LogP contribution < -0.4 is 0 Å². The Morgan fingerprint density at radius 1 is 0.667 bits per heavy atom. The van der Waals surface area contributed by atoms with Gasteiger partial charge >= 0.3 is 0 Å². The van der Waals surface area contributed by atoms with E-state index in [4.69, 9.17) is 0 Å². The molecule has 154 valence electrons. The van der Waals surface area contributed by atoms with Gasteiger partial charge in [0.25, 0.3) is 0 Å². The van der Waals surface area contributed by atoms with E-state index in [0.717, 1.165) is 32.1 Å². The Labute approximate surface area is 180 Å². The summed E-state index contributed by atoms with van der Waals surface area (Å²) in [4.78, 5) is 12.4. The summed E-state index contributed by atoms with van der Waals surface area (Å²) < 4.78 is 0. The average Bonchev–Trinajstić information content (AvgIpc) is 3.11. The van der Waals surface area contributed by atoms with Gasteiger partial charge in [0.2, 0.25) is 0 Å². The van der Waals surface area contributed by atoms with E-state index in [1.54, 1.807) is 22.3 Å². The quantitative estimate of drug-likeness (QED) is 0.542. The third kappa shape index (κ3) is 4.21. The molecule has 1 fully saturated rings. The van der Waals surface area contributed by atoms with Crippen LogP contribution in [0.4, 0.5) is 0 Å². The Hall–Kier alpha value is -2.41. The molecule has 0 spiro atoms. The van der Waals surface area contributed by atoms with Crippen LogP contribution in [0.15, 0.2) is 83.0 Å². The number of allylic oxidation sites excluding steroid dienone is 4. The van der Waals surface area contributed by atoms with Crippen LogP contribution in [-0.2, 0) is 17.6 Å². The van der Waals surface area contributed by atoms with Gasteiger partial charge in [-0.05, 0) is 85.5 Å². The highest BCUT2D eigenvalue weighted by Gasteiger charge is 2.36. The van der Waals surface area contributed by atoms with Gasteiger partial charge in [-0.1, -0.05) is 71.8 Å². The number of hydrogen-bond acceptors (Lipinski definition) is 1. The van der Waals surface area contributed by atoms with Gasteiger partial charge in [-0.25, -0.2) is 0 Å². The predicted molar refractivity (Wildman–Crippen MR) is 123 cm³/mol. The van der Waals surface area contributed by atoms with Crippen LogP contribution in [0.1, 0.15) is 62.5 Å². The average molecular weight is 397 g/mol. The fourth-order valence-corrected chi connectivity index (χ4v) is 6.06. The SMILES string of the molecule is O=C1C[C@H]2CC3=C(CCCC3)/C(Cc3ccccc3)=C(/Cc3ccccc3)C[C@@H]2C1. The Balaban J connectivity index is 1.61. The zero-order valence-corrected chi connectivity index (χ0v) is 17.9. The fraction of sp³-hybridized carbons (Fsp3) is 0.414. The standard InChI is InChI=1S/C29H32O/c30-27-19-24-17-23-13-7-8-14-28(23)29(16-22-11-5-2-6-12-22)26(18-25(24)20-27)15-21-9-3-1-4-10-21/h1-6,9-12,24-25H,7-8,13-20H2/b29-26-/t24-,25-/m1/s1. The van der Waals surface area contributed by atoms with Crippen molar-refractivity contribution < 1.29 is 4.79 Å². The molecular weight excluding hydrogens is 364 g/mol. The molecule has 2 atom stereocenters. The van der Waals surface area contributed by atoms with E-state index in [1.807, 2.05) is 0 Å². The molecule has 3 aliphatic carbocycles. The monoisotopic (exact) mass is 396 g/mol. The summed E-state index contributed by atoms with van der Waals surface area (Å²) >= 11 is 0. The van der Waals surface area contributed by atoms with Crippen LogP contribution in [-0.4, -0.2) is 5.78 Å². The van der Waals surface area contributed by atoms with Gasteiger partial charge in [0.1, 0.15) is 5.78 Å². The number of Topliss-reactive ketones (excluding diaryl/α,β-unsaturated/α-hetero) is 1. The summed E-state index contributed by atoms with van der Waals surface area (Å²) in [6, 6.07) is 21.9. The van der Waals surface area contributed by atoms with Crippen LogP contribution in [0.3, 0.4) is 0 Å². The van der Waals surface area contributed by atoms with Crippen molar-refractivity contribution in [2.45, 2.75) is 64.2 Å². The summed E-state index contributed by atoms with van der Waals surface area (Å²) in [5.74, 6) is 1.61. The molecule has 5 rings (SSSR count). The minimum Gasteiger partial charge on any atom is -0.300 e. The highest BCUT2D eigenvalue weighted by molar-refractivity contribution is 5.81. The van der Waals surface area contributed by atoms with Crippen molar-refractivity contribution >= 4 is 5.78 Å². The number of hydrogen-bond donors (Lipinski definition) is 0. The molecule has 3 aliphatic rings. The maximum atomic E-state index is 12.4. The summed E-state index contributed by atoms with van der Waals surface area (Å²) in [5.41, 5.74) is 9.37. The topological polar surface area (TPSA) is 17.1 Å². The number of carbonyl (C=O) groups is 1. The molecule has 1 heteroatoms. The molecular formula is C29H32O. The van der Waals surface area contributed by atoms with Crippen molar-refractivity contribution in [2.24, 2.45) is 11.8 Å². The van der Waals surface area contributed by atoms with Crippen LogP contribution in [0.25, 0.3) is 0 Å². The first-order valence-electron chi connectivity index (χ1n) is 11.8. The van der Waals surface area contributed by atoms with Crippen LogP contribution >= 0.6 is 0 Å². The number of fused-ring (bicyclic) bond motifs is 1. The lowest BCUT2D eigenvalue weighted by Crippen LogP contribution is -2.19. The number of benzene rings is 2. The smallest absolute Gasteiger partial charge is 0.133 e. The Morgan fingerprint density at radius 3 is 1.97 bits per heavy atom. The van der Waals surface area contributed by atoms with Gasteiger partial charge in [0.05, 0.1) is 0 Å². The van der Waals surface area contributed by atoms with Crippen molar-refractivity contribution in [2.75, 3.05) is 0 Å². The van der Waals surface area contributed by atoms with E-state index in [-0.39, 0.29) is 0 Å². The summed E-state index contributed by atoms with van der Waals surface area (Å²) in [6.07, 6.45) is 11.0. The first-order valence-corrected chi connectivity index (χ1v) is 11.8. The lowest BCUT2D eigenvalue weighted by Gasteiger charge is -2.32. The van der Waals surface area contributed by atoms with Crippen LogP contribution in [0.2, 0.25) is 0 Å². The molecule has 0 amide bonds. The fourth-order valence-electron chi connectivity index (χ4n) is 6.06. The Kier molecular flexibility index (Phi) is 5.71. The number of rotatable bonds is 4. The number of carbonyl (C=O) groups excluding carboxylic acids is 1. The van der Waals surface area contributed by atoms with E-state index >= 15 is 0 Å². The summed E-state index contributed by atoms with van der Waals surface area (Å²) in [7, 11) is 0. The number of ketones is 1. The van der Waals surface area contributed by atoms with Crippen LogP contribution in [0.5, 0.6) is 0 Å². The largest absolute Gasteiger partial charge is 0.300 e. The van der Waals surface area contributed by atoms with Gasteiger partial charge in [-0.2, -0.15) is 0 Å². The minimum atomic E-state index is 0.494. The van der Waals surface area contributed by atoms with Gasteiger partial charge in [-0.3, -0.25) is 4.79 Å². The molecule has 30 heavy (non-hydrogen) atoms. The molecule has 0 heterocycles. The van der Waals surface area contributed by atoms with Crippen LogP contribution in [0, 0.1) is 11.8 Å². The molecule has 2 aromatic carbocycles. The van der Waals surface area contributed by atoms with Gasteiger partial charge < -0.3 is 0 Å². The van der Waals surface area contributed by atoms with E-state index in [2.05, 4.69) is 60.7 Å². The Morgan fingerprint density at radius 2 is 1.27 bits per heavy atom. The second-order valence-electron chi connectivity index (χ2n) is 9.57. The van der Waals surface area contributed by atoms with Crippen molar-refractivity contribution in [1.29, 1.82) is 0 Å². The van der Waals surface area contributed by atoms with E-state index < -0.39 is 0 Å². The highest BCUT2D eigenvalue weighted by Crippen LogP contribution is 2.46. The normalized spacial score (nSPS) is 26.7. The highest BCUT2D eigenvalue weighted by atomic mass is 16.1. The summed E-state index contributed by atoms with van der Waals surface area (Å²) in [5, 5.41) is 0. The lowest BCUT2D eigenvalue weighted by molar-refractivity contribution is -0.117. The van der Waals surface area contributed by atoms with Crippen molar-refractivity contribution in [3.05, 3.63) is 94.1 Å². The van der Waals surface area contributed by atoms with Crippen molar-refractivity contribution in [3.8, 4) is 0 Å². The lowest BCUT2D eigenvalue weighted by atomic mass is 9.72. The maximum Gasteiger partial charge on any atom is 0.133 e. The zero-order valence-electron chi connectivity index (χ0n) is 17.9. The second kappa shape index (κ2) is 8.76. The first-order chi connectivity index (χ1) is 14.8. The van der Waals surface area contributed by atoms with E-state index in [0.29, 0.717) is 17.6 Å². The van der Waals surface area contributed by atoms with E-state index in [9.17, 15) is 4.79 Å². The zero-order chi connectivity index (χ0) is 20.3. The first kappa shape index (κ1) is 19.5. The molecule has 1 nitrogen and oxygen atoms in total. The van der Waals surface area contributed by atoms with E-state index in [1.165, 1.54) is 43.2 Å². The molecule has 0 saturated heterocycles. The molecule has 0 unspecified atom stereocenters. The molecule has 2 aromatic rings. The molecule has 0 aromatic heterocycles. The van der Waals surface area contributed by atoms with Gasteiger partial charge in [0, 0.05) is 12.8 Å². The molecule has 0 aliphatic heterocycles. The molecule has 1 saturated carbocycles. The predicted octanol–water partition coefficient (Wildman–Crippen LogP) is 7.03.